The van der Waals surface area contributed by atoms with Gasteiger partial charge in [-0.2, -0.15) is 0 Å². The van der Waals surface area contributed by atoms with Gasteiger partial charge in [-0.25, -0.2) is 4.39 Å². The van der Waals surface area contributed by atoms with Crippen LogP contribution in [0, 0.1) is 5.82 Å². The van der Waals surface area contributed by atoms with Crippen molar-refractivity contribution >= 4 is 12.0 Å². The number of aliphatic hydroxyl groups excluding tert-OH is 1. The molecule has 1 atom stereocenters. The molecule has 0 bridgehead atoms. The van der Waals surface area contributed by atoms with Crippen LogP contribution in [-0.2, 0) is 4.79 Å². The standard InChI is InChI=1S/C14H18FNO2/c1-11(17)9-10-16(2)14(18)8-7-12-5-3-4-6-13(12)15/h3-8,11,17H,9-10H2,1-2H3/b8-7+. The minimum Gasteiger partial charge on any atom is -0.393 e. The summed E-state index contributed by atoms with van der Waals surface area (Å²) in [6.45, 7) is 2.14. The molecule has 0 aromatic heterocycles. The molecule has 1 N–H and O–H groups in total. The largest absolute Gasteiger partial charge is 0.393 e. The molecule has 1 unspecified atom stereocenters. The molecule has 0 aliphatic rings. The van der Waals surface area contributed by atoms with Crippen LogP contribution in [0.25, 0.3) is 6.08 Å². The molecular formula is C14H18FNO2. The topological polar surface area (TPSA) is 40.5 Å². The molecule has 1 aromatic carbocycles. The van der Waals surface area contributed by atoms with Crippen LogP contribution in [0.1, 0.15) is 18.9 Å². The Morgan fingerprint density at radius 3 is 2.78 bits per heavy atom. The highest BCUT2D eigenvalue weighted by atomic mass is 19.1. The van der Waals surface area contributed by atoms with Crippen molar-refractivity contribution in [1.82, 2.24) is 4.90 Å². The van der Waals surface area contributed by atoms with E-state index in [1.54, 1.807) is 32.2 Å². The minimum atomic E-state index is -0.434. The molecule has 3 nitrogen and oxygen atoms in total. The summed E-state index contributed by atoms with van der Waals surface area (Å²) in [5.74, 6) is -0.563. The lowest BCUT2D eigenvalue weighted by molar-refractivity contribution is -0.124. The van der Waals surface area contributed by atoms with Crippen LogP contribution >= 0.6 is 0 Å². The van der Waals surface area contributed by atoms with E-state index in [9.17, 15) is 9.18 Å². The first-order valence-electron chi connectivity index (χ1n) is 5.86. The zero-order valence-electron chi connectivity index (χ0n) is 10.6. The maximum absolute atomic E-state index is 13.3. The lowest BCUT2D eigenvalue weighted by atomic mass is 10.2. The predicted octanol–water partition coefficient (Wildman–Crippen LogP) is 2.07. The molecule has 1 amide bonds. The monoisotopic (exact) mass is 251 g/mol. The van der Waals surface area contributed by atoms with Crippen molar-refractivity contribution in [2.24, 2.45) is 0 Å². The van der Waals surface area contributed by atoms with Crippen LogP contribution in [0.4, 0.5) is 4.39 Å². The number of likely N-dealkylation sites (N-methyl/N-ethyl adjacent to an activating group) is 1. The molecule has 4 heteroatoms. The third-order valence-electron chi connectivity index (χ3n) is 2.57. The van der Waals surface area contributed by atoms with Gasteiger partial charge in [0.05, 0.1) is 6.10 Å². The average molecular weight is 251 g/mol. The minimum absolute atomic E-state index is 0.209. The van der Waals surface area contributed by atoms with Gasteiger partial charge in [0.25, 0.3) is 0 Å². The molecule has 0 saturated heterocycles. The molecule has 0 aliphatic heterocycles. The molecule has 0 heterocycles. The first kappa shape index (κ1) is 14.4. The van der Waals surface area contributed by atoms with Gasteiger partial charge in [-0.3, -0.25) is 4.79 Å². The maximum Gasteiger partial charge on any atom is 0.246 e. The third kappa shape index (κ3) is 4.67. The summed E-state index contributed by atoms with van der Waals surface area (Å²) in [4.78, 5) is 13.2. The Kier molecular flexibility index (Phi) is 5.52. The summed E-state index contributed by atoms with van der Waals surface area (Å²) < 4.78 is 13.3. The predicted molar refractivity (Wildman–Crippen MR) is 69.4 cm³/mol. The van der Waals surface area contributed by atoms with Gasteiger partial charge in [0.2, 0.25) is 5.91 Å². The molecule has 1 aromatic rings. The Hall–Kier alpha value is -1.68. The molecule has 0 aliphatic carbocycles. The fourth-order valence-electron chi connectivity index (χ4n) is 1.39. The normalized spacial score (nSPS) is 12.7. The smallest absolute Gasteiger partial charge is 0.246 e. The molecule has 0 saturated carbocycles. The van der Waals surface area contributed by atoms with Crippen LogP contribution < -0.4 is 0 Å². The number of hydrogen-bond acceptors (Lipinski definition) is 2. The number of benzene rings is 1. The zero-order chi connectivity index (χ0) is 13.5. The summed E-state index contributed by atoms with van der Waals surface area (Å²) in [6.07, 6.45) is 2.88. The van der Waals surface area contributed by atoms with E-state index in [-0.39, 0.29) is 11.7 Å². The number of aliphatic hydroxyl groups is 1. The fraction of sp³-hybridized carbons (Fsp3) is 0.357. The number of rotatable bonds is 5. The van der Waals surface area contributed by atoms with Gasteiger partial charge in [-0.15, -0.1) is 0 Å². The van der Waals surface area contributed by atoms with E-state index in [0.29, 0.717) is 18.5 Å². The Balaban J connectivity index is 2.56. The van der Waals surface area contributed by atoms with Crippen LogP contribution in [0.2, 0.25) is 0 Å². The van der Waals surface area contributed by atoms with Crippen molar-refractivity contribution in [3.63, 3.8) is 0 Å². The summed E-state index contributed by atoms with van der Waals surface area (Å²) in [6, 6.07) is 6.27. The van der Waals surface area contributed by atoms with Gasteiger partial charge < -0.3 is 10.0 Å². The lowest BCUT2D eigenvalue weighted by Crippen LogP contribution is -2.27. The van der Waals surface area contributed by atoms with E-state index in [1.165, 1.54) is 23.1 Å². The van der Waals surface area contributed by atoms with Crippen molar-refractivity contribution in [2.45, 2.75) is 19.4 Å². The Bertz CT molecular complexity index is 430. The van der Waals surface area contributed by atoms with E-state index in [0.717, 1.165) is 0 Å². The van der Waals surface area contributed by atoms with Gasteiger partial charge in [0.15, 0.2) is 0 Å². The highest BCUT2D eigenvalue weighted by Gasteiger charge is 2.06. The number of carbonyl (C=O) groups excluding carboxylic acids is 1. The van der Waals surface area contributed by atoms with Gasteiger partial charge in [0.1, 0.15) is 5.82 Å². The number of carbonyl (C=O) groups is 1. The second kappa shape index (κ2) is 6.91. The molecule has 98 valence electrons. The second-order valence-electron chi connectivity index (χ2n) is 4.25. The van der Waals surface area contributed by atoms with E-state index in [2.05, 4.69) is 0 Å². The van der Waals surface area contributed by atoms with Crippen molar-refractivity contribution in [1.29, 1.82) is 0 Å². The zero-order valence-corrected chi connectivity index (χ0v) is 10.6. The highest BCUT2D eigenvalue weighted by molar-refractivity contribution is 5.91. The average Bonchev–Trinajstić information content (AvgIpc) is 2.34. The number of hydrogen-bond donors (Lipinski definition) is 1. The fourth-order valence-corrected chi connectivity index (χ4v) is 1.39. The van der Waals surface area contributed by atoms with Gasteiger partial charge in [0, 0.05) is 25.2 Å². The first-order valence-corrected chi connectivity index (χ1v) is 5.86. The molecule has 0 fully saturated rings. The summed E-state index contributed by atoms with van der Waals surface area (Å²) in [5, 5.41) is 9.12. The van der Waals surface area contributed by atoms with E-state index >= 15 is 0 Å². The van der Waals surface area contributed by atoms with Crippen LogP contribution in [0.3, 0.4) is 0 Å². The van der Waals surface area contributed by atoms with Crippen molar-refractivity contribution in [2.75, 3.05) is 13.6 Å². The maximum atomic E-state index is 13.3. The van der Waals surface area contributed by atoms with E-state index < -0.39 is 6.10 Å². The van der Waals surface area contributed by atoms with Crippen molar-refractivity contribution < 1.29 is 14.3 Å². The molecule has 18 heavy (non-hydrogen) atoms. The Morgan fingerprint density at radius 1 is 1.50 bits per heavy atom. The van der Waals surface area contributed by atoms with Gasteiger partial charge in [-0.1, -0.05) is 18.2 Å². The molecular weight excluding hydrogens is 233 g/mol. The van der Waals surface area contributed by atoms with Gasteiger partial charge >= 0.3 is 0 Å². The van der Waals surface area contributed by atoms with Crippen LogP contribution in [0.5, 0.6) is 0 Å². The Morgan fingerprint density at radius 2 is 2.17 bits per heavy atom. The van der Waals surface area contributed by atoms with Gasteiger partial charge in [-0.05, 0) is 25.5 Å². The quantitative estimate of drug-likeness (QED) is 0.814. The number of nitrogens with zero attached hydrogens (tertiary/aromatic N) is 1. The lowest BCUT2D eigenvalue weighted by Gasteiger charge is -2.15. The molecule has 1 rings (SSSR count). The first-order chi connectivity index (χ1) is 8.50. The van der Waals surface area contributed by atoms with Crippen LogP contribution in [0.15, 0.2) is 30.3 Å². The van der Waals surface area contributed by atoms with Crippen molar-refractivity contribution in [3.05, 3.63) is 41.7 Å². The highest BCUT2D eigenvalue weighted by Crippen LogP contribution is 2.08. The summed E-state index contributed by atoms with van der Waals surface area (Å²) >= 11 is 0. The molecule has 0 radical (unpaired) electrons. The number of amides is 1. The van der Waals surface area contributed by atoms with Crippen molar-refractivity contribution in [3.8, 4) is 0 Å². The second-order valence-corrected chi connectivity index (χ2v) is 4.25. The van der Waals surface area contributed by atoms with E-state index in [1.807, 2.05) is 0 Å². The summed E-state index contributed by atoms with van der Waals surface area (Å²) in [7, 11) is 1.65. The third-order valence-corrected chi connectivity index (χ3v) is 2.57. The number of halogens is 1. The Labute approximate surface area is 107 Å². The van der Waals surface area contributed by atoms with Crippen LogP contribution in [-0.4, -0.2) is 35.6 Å². The van der Waals surface area contributed by atoms with E-state index in [4.69, 9.17) is 5.11 Å². The summed E-state index contributed by atoms with van der Waals surface area (Å²) in [5.41, 5.74) is 0.384. The SMILES string of the molecule is CC(O)CCN(C)C(=O)/C=C/c1ccccc1F. The molecule has 0 spiro atoms.